The first-order valence-electron chi connectivity index (χ1n) is 5.52. The van der Waals surface area contributed by atoms with E-state index < -0.39 is 11.6 Å². The van der Waals surface area contributed by atoms with E-state index in [2.05, 4.69) is 4.98 Å². The van der Waals surface area contributed by atoms with Crippen LogP contribution in [0.15, 0.2) is 30.3 Å². The predicted octanol–water partition coefficient (Wildman–Crippen LogP) is 5.27. The fourth-order valence-corrected chi connectivity index (χ4v) is 2.70. The van der Waals surface area contributed by atoms with E-state index in [1.807, 2.05) is 0 Å². The Morgan fingerprint density at radius 2 is 1.85 bits per heavy atom. The lowest BCUT2D eigenvalue weighted by atomic mass is 10.2. The summed E-state index contributed by atoms with van der Waals surface area (Å²) < 4.78 is 28.8. The highest BCUT2D eigenvalue weighted by molar-refractivity contribution is 7.71. The van der Waals surface area contributed by atoms with Gasteiger partial charge in [0, 0.05) is 17.2 Å². The molecule has 7 heteroatoms. The van der Waals surface area contributed by atoms with Crippen molar-refractivity contribution in [3.8, 4) is 5.69 Å². The first-order valence-corrected chi connectivity index (χ1v) is 6.69. The van der Waals surface area contributed by atoms with E-state index in [0.29, 0.717) is 15.7 Å². The van der Waals surface area contributed by atoms with Gasteiger partial charge in [-0.2, -0.15) is 0 Å². The normalized spacial score (nSPS) is 11.2. The molecule has 1 N–H and O–H groups in total. The van der Waals surface area contributed by atoms with Gasteiger partial charge in [-0.25, -0.2) is 8.78 Å². The monoisotopic (exact) mass is 330 g/mol. The number of halogens is 4. The summed E-state index contributed by atoms with van der Waals surface area (Å²) in [6.07, 6.45) is 0. The lowest BCUT2D eigenvalue weighted by molar-refractivity contribution is 0.590. The second kappa shape index (κ2) is 4.84. The Morgan fingerprint density at radius 1 is 1.10 bits per heavy atom. The highest BCUT2D eigenvalue weighted by atomic mass is 35.5. The molecule has 2 aromatic carbocycles. The zero-order valence-corrected chi connectivity index (χ0v) is 12.1. The predicted molar refractivity (Wildman–Crippen MR) is 78.4 cm³/mol. The molecule has 0 bridgehead atoms. The molecule has 0 aliphatic rings. The zero-order chi connectivity index (χ0) is 14.4. The maximum absolute atomic E-state index is 13.7. The third-order valence-electron chi connectivity index (χ3n) is 2.86. The Balaban J connectivity index is 2.45. The van der Waals surface area contributed by atoms with Crippen LogP contribution < -0.4 is 0 Å². The summed E-state index contributed by atoms with van der Waals surface area (Å²) in [5, 5.41) is 0.814. The number of aromatic nitrogens is 2. The number of fused-ring (bicyclic) bond motifs is 1. The molecule has 2 nitrogen and oxygen atoms in total. The minimum atomic E-state index is -0.719. The maximum atomic E-state index is 13.7. The van der Waals surface area contributed by atoms with Gasteiger partial charge in [0.25, 0.3) is 0 Å². The van der Waals surface area contributed by atoms with Gasteiger partial charge >= 0.3 is 0 Å². The molecule has 20 heavy (non-hydrogen) atoms. The van der Waals surface area contributed by atoms with Crippen molar-refractivity contribution >= 4 is 46.5 Å². The third-order valence-corrected chi connectivity index (χ3v) is 3.70. The molecule has 102 valence electrons. The molecular formula is C13H6Cl2F2N2S. The first kappa shape index (κ1) is 13.5. The summed E-state index contributed by atoms with van der Waals surface area (Å²) >= 11 is 17.2. The highest BCUT2D eigenvalue weighted by Crippen LogP contribution is 2.29. The lowest BCUT2D eigenvalue weighted by Crippen LogP contribution is -1.96. The number of nitrogens with zero attached hydrogens (tertiary/aromatic N) is 1. The summed E-state index contributed by atoms with van der Waals surface area (Å²) in [6, 6.07) is 6.76. The Kier molecular flexibility index (Phi) is 3.28. The molecule has 3 aromatic rings. The van der Waals surface area contributed by atoms with Crippen LogP contribution in [0.1, 0.15) is 0 Å². The van der Waals surface area contributed by atoms with E-state index in [4.69, 9.17) is 35.4 Å². The van der Waals surface area contributed by atoms with E-state index >= 15 is 0 Å². The minimum absolute atomic E-state index is 0.118. The lowest BCUT2D eigenvalue weighted by Gasteiger charge is -2.07. The van der Waals surface area contributed by atoms with Crippen LogP contribution in [0, 0.1) is 16.4 Å². The fraction of sp³-hybridized carbons (Fsp3) is 0. The van der Waals surface area contributed by atoms with Gasteiger partial charge in [0.1, 0.15) is 11.3 Å². The number of aromatic amines is 1. The number of hydrogen-bond donors (Lipinski definition) is 1. The fourth-order valence-electron chi connectivity index (χ4n) is 2.03. The second-order valence-electron chi connectivity index (χ2n) is 4.14. The number of benzene rings is 2. The van der Waals surface area contributed by atoms with Gasteiger partial charge in [0.05, 0.1) is 16.2 Å². The van der Waals surface area contributed by atoms with Gasteiger partial charge in [0.2, 0.25) is 0 Å². The minimum Gasteiger partial charge on any atom is -0.328 e. The van der Waals surface area contributed by atoms with Gasteiger partial charge < -0.3 is 4.98 Å². The van der Waals surface area contributed by atoms with Crippen LogP contribution in [-0.2, 0) is 0 Å². The summed E-state index contributed by atoms with van der Waals surface area (Å²) in [7, 11) is 0. The quantitative estimate of drug-likeness (QED) is 0.602. The smallest absolute Gasteiger partial charge is 0.182 e. The van der Waals surface area contributed by atoms with E-state index in [1.54, 1.807) is 18.2 Å². The Labute approximate surface area is 127 Å². The molecule has 1 heterocycles. The molecule has 0 atom stereocenters. The number of hydrogen-bond acceptors (Lipinski definition) is 1. The number of imidazole rings is 1. The molecule has 3 rings (SSSR count). The van der Waals surface area contributed by atoms with Crippen LogP contribution in [-0.4, -0.2) is 9.55 Å². The average Bonchev–Trinajstić information content (AvgIpc) is 2.69. The van der Waals surface area contributed by atoms with Crippen molar-refractivity contribution in [2.45, 2.75) is 0 Å². The Morgan fingerprint density at radius 3 is 2.60 bits per heavy atom. The summed E-state index contributed by atoms with van der Waals surface area (Å²) in [4.78, 5) is 2.70. The Hall–Kier alpha value is -1.43. The van der Waals surface area contributed by atoms with E-state index in [-0.39, 0.29) is 15.8 Å². The van der Waals surface area contributed by atoms with Gasteiger partial charge in [-0.15, -0.1) is 0 Å². The molecule has 0 aliphatic heterocycles. The zero-order valence-electron chi connectivity index (χ0n) is 9.75. The van der Waals surface area contributed by atoms with Crippen molar-refractivity contribution < 1.29 is 8.78 Å². The molecule has 0 saturated heterocycles. The summed E-state index contributed by atoms with van der Waals surface area (Å²) in [5.74, 6) is -1.42. The molecule has 0 fully saturated rings. The van der Waals surface area contributed by atoms with Crippen LogP contribution in [0.3, 0.4) is 0 Å². The summed E-state index contributed by atoms with van der Waals surface area (Å²) in [5.41, 5.74) is 0.838. The number of rotatable bonds is 1. The molecule has 0 aliphatic carbocycles. The van der Waals surface area contributed by atoms with Crippen molar-refractivity contribution in [1.82, 2.24) is 9.55 Å². The van der Waals surface area contributed by atoms with E-state index in [0.717, 1.165) is 6.07 Å². The molecule has 0 saturated carbocycles. The number of nitrogens with one attached hydrogen (secondary N) is 1. The topological polar surface area (TPSA) is 20.7 Å². The molecular weight excluding hydrogens is 325 g/mol. The average molecular weight is 331 g/mol. The molecule has 0 spiro atoms. The van der Waals surface area contributed by atoms with Gasteiger partial charge in [-0.05, 0) is 30.4 Å². The van der Waals surface area contributed by atoms with Gasteiger partial charge in [0.15, 0.2) is 10.6 Å². The molecule has 0 amide bonds. The molecule has 0 radical (unpaired) electrons. The van der Waals surface area contributed by atoms with Crippen molar-refractivity contribution in [3.63, 3.8) is 0 Å². The molecule has 1 aromatic heterocycles. The standard InChI is InChI=1S/C13H6Cl2F2N2S/c14-6-1-2-8(15)10(3-6)19-11-5-7(16)4-9(17)12(11)18-13(19)20/h1-5H,(H,18,20). The van der Waals surface area contributed by atoms with Crippen LogP contribution in [0.5, 0.6) is 0 Å². The van der Waals surface area contributed by atoms with Crippen LogP contribution in [0.4, 0.5) is 8.78 Å². The van der Waals surface area contributed by atoms with Crippen LogP contribution in [0.25, 0.3) is 16.7 Å². The SMILES string of the molecule is Fc1cc(F)c2[nH]c(=S)n(-c3cc(Cl)ccc3Cl)c2c1. The van der Waals surface area contributed by atoms with E-state index in [1.165, 1.54) is 10.6 Å². The first-order chi connectivity index (χ1) is 9.47. The second-order valence-corrected chi connectivity index (χ2v) is 5.37. The van der Waals surface area contributed by atoms with Crippen molar-refractivity contribution in [3.05, 3.63) is 56.8 Å². The van der Waals surface area contributed by atoms with E-state index in [9.17, 15) is 8.78 Å². The highest BCUT2D eigenvalue weighted by Gasteiger charge is 2.14. The largest absolute Gasteiger partial charge is 0.328 e. The van der Waals surface area contributed by atoms with Crippen LogP contribution in [0.2, 0.25) is 10.0 Å². The van der Waals surface area contributed by atoms with Gasteiger partial charge in [-0.3, -0.25) is 4.57 Å². The van der Waals surface area contributed by atoms with Crippen LogP contribution >= 0.6 is 35.4 Å². The van der Waals surface area contributed by atoms with Crippen molar-refractivity contribution in [2.75, 3.05) is 0 Å². The molecule has 0 unspecified atom stereocenters. The third kappa shape index (κ3) is 2.12. The number of H-pyrrole nitrogens is 1. The van der Waals surface area contributed by atoms with Crippen molar-refractivity contribution in [2.24, 2.45) is 0 Å². The maximum Gasteiger partial charge on any atom is 0.182 e. The van der Waals surface area contributed by atoms with Gasteiger partial charge in [-0.1, -0.05) is 23.2 Å². The van der Waals surface area contributed by atoms with Crippen molar-refractivity contribution in [1.29, 1.82) is 0 Å². The summed E-state index contributed by atoms with van der Waals surface area (Å²) in [6.45, 7) is 0. The Bertz CT molecular complexity index is 886.